The summed E-state index contributed by atoms with van der Waals surface area (Å²) < 4.78 is 10.6. The third-order valence-corrected chi connectivity index (χ3v) is 5.02. The molecule has 1 saturated heterocycles. The predicted molar refractivity (Wildman–Crippen MR) is 102 cm³/mol. The summed E-state index contributed by atoms with van der Waals surface area (Å²) in [6, 6.07) is 7.91. The minimum atomic E-state index is -0.335. The Morgan fingerprint density at radius 2 is 2.22 bits per heavy atom. The summed E-state index contributed by atoms with van der Waals surface area (Å²) in [5.74, 6) is 1.62. The van der Waals surface area contributed by atoms with Gasteiger partial charge < -0.3 is 14.6 Å². The van der Waals surface area contributed by atoms with E-state index in [9.17, 15) is 4.79 Å². The van der Waals surface area contributed by atoms with Gasteiger partial charge in [-0.2, -0.15) is 4.98 Å². The van der Waals surface area contributed by atoms with Gasteiger partial charge in [0.15, 0.2) is 0 Å². The quantitative estimate of drug-likeness (QED) is 0.804. The van der Waals surface area contributed by atoms with Crippen molar-refractivity contribution in [3.63, 3.8) is 0 Å². The van der Waals surface area contributed by atoms with Crippen LogP contribution in [0.4, 0.5) is 0 Å². The molecule has 0 spiro atoms. The monoisotopic (exact) mass is 372 g/mol. The lowest BCUT2D eigenvalue weighted by Gasteiger charge is -2.28. The lowest BCUT2D eigenvalue weighted by Crippen LogP contribution is -2.39. The summed E-state index contributed by atoms with van der Waals surface area (Å²) >= 11 is 0. The number of hydrogen-bond acceptors (Lipinski definition) is 6. The van der Waals surface area contributed by atoms with Crippen molar-refractivity contribution in [1.82, 2.24) is 20.4 Å². The third kappa shape index (κ3) is 4.66. The molecule has 0 radical (unpaired) electrons. The number of likely N-dealkylation sites (tertiary alicyclic amines) is 1. The fraction of sp³-hybridized carbons (Fsp3) is 0.550. The van der Waals surface area contributed by atoms with E-state index in [1.54, 1.807) is 7.11 Å². The number of carbonyl (C=O) groups excluding carboxylic acids is 1. The van der Waals surface area contributed by atoms with E-state index in [0.29, 0.717) is 30.2 Å². The molecule has 2 heterocycles. The van der Waals surface area contributed by atoms with Crippen LogP contribution in [0.15, 0.2) is 28.8 Å². The first-order valence-corrected chi connectivity index (χ1v) is 9.51. The van der Waals surface area contributed by atoms with Crippen LogP contribution in [0.1, 0.15) is 52.0 Å². The highest BCUT2D eigenvalue weighted by Crippen LogP contribution is 2.24. The first-order valence-electron chi connectivity index (χ1n) is 9.51. The van der Waals surface area contributed by atoms with Crippen LogP contribution in [0.3, 0.4) is 0 Å². The lowest BCUT2D eigenvalue weighted by atomic mass is 10.1. The molecule has 0 aliphatic carbocycles. The van der Waals surface area contributed by atoms with Gasteiger partial charge in [-0.15, -0.1) is 0 Å². The standard InChI is InChI=1S/C20H28N4O3/c1-13(2)24-10-6-8-16(24)12-18(25)21-14(3)20-22-19(23-27-20)15-7-5-9-17(11-15)26-4/h5,7,9,11,13-14,16H,6,8,10,12H2,1-4H3,(H,21,25)/t14-,16+/m1/s1. The van der Waals surface area contributed by atoms with Crippen molar-refractivity contribution >= 4 is 5.91 Å². The van der Waals surface area contributed by atoms with Crippen LogP contribution in [0.5, 0.6) is 5.75 Å². The van der Waals surface area contributed by atoms with E-state index in [2.05, 4.69) is 34.2 Å². The average Bonchev–Trinajstić information content (AvgIpc) is 3.31. The molecule has 0 saturated carbocycles. The maximum Gasteiger partial charge on any atom is 0.249 e. The molecule has 2 atom stereocenters. The van der Waals surface area contributed by atoms with Gasteiger partial charge in [0, 0.05) is 24.1 Å². The average molecular weight is 372 g/mol. The van der Waals surface area contributed by atoms with Gasteiger partial charge in [-0.05, 0) is 52.3 Å². The molecule has 2 aromatic rings. The summed E-state index contributed by atoms with van der Waals surface area (Å²) in [5.41, 5.74) is 0.807. The third-order valence-electron chi connectivity index (χ3n) is 5.02. The van der Waals surface area contributed by atoms with E-state index in [-0.39, 0.29) is 11.9 Å². The highest BCUT2D eigenvalue weighted by atomic mass is 16.5. The van der Waals surface area contributed by atoms with Crippen molar-refractivity contribution in [3.8, 4) is 17.1 Å². The Morgan fingerprint density at radius 3 is 2.96 bits per heavy atom. The summed E-state index contributed by atoms with van der Waals surface area (Å²) in [6.07, 6.45) is 2.72. The molecular formula is C20H28N4O3. The zero-order valence-corrected chi connectivity index (χ0v) is 16.4. The predicted octanol–water partition coefficient (Wildman–Crippen LogP) is 3.19. The van der Waals surface area contributed by atoms with Crippen LogP contribution in [-0.2, 0) is 4.79 Å². The van der Waals surface area contributed by atoms with Gasteiger partial charge >= 0.3 is 0 Å². The number of methoxy groups -OCH3 is 1. The highest BCUT2D eigenvalue weighted by Gasteiger charge is 2.29. The largest absolute Gasteiger partial charge is 0.497 e. The molecule has 1 aliphatic rings. The molecule has 27 heavy (non-hydrogen) atoms. The summed E-state index contributed by atoms with van der Waals surface area (Å²) in [6.45, 7) is 7.28. The van der Waals surface area contributed by atoms with Gasteiger partial charge in [0.25, 0.3) is 0 Å². The van der Waals surface area contributed by atoms with Crippen molar-refractivity contribution in [3.05, 3.63) is 30.2 Å². The van der Waals surface area contributed by atoms with E-state index in [1.165, 1.54) is 0 Å². The van der Waals surface area contributed by atoms with E-state index < -0.39 is 0 Å². The van der Waals surface area contributed by atoms with Gasteiger partial charge in [0.05, 0.1) is 7.11 Å². The van der Waals surface area contributed by atoms with Crippen molar-refractivity contribution < 1.29 is 14.1 Å². The molecule has 7 heteroatoms. The number of rotatable bonds is 7. The normalized spacial score (nSPS) is 18.6. The Morgan fingerprint density at radius 1 is 1.41 bits per heavy atom. The fourth-order valence-electron chi connectivity index (χ4n) is 3.62. The molecule has 0 unspecified atom stereocenters. The van der Waals surface area contributed by atoms with Gasteiger partial charge in [0.1, 0.15) is 11.8 Å². The number of aromatic nitrogens is 2. The van der Waals surface area contributed by atoms with E-state index in [0.717, 1.165) is 30.7 Å². The number of hydrogen-bond donors (Lipinski definition) is 1. The summed E-state index contributed by atoms with van der Waals surface area (Å²) in [5, 5.41) is 7.01. The number of benzene rings is 1. The van der Waals surface area contributed by atoms with E-state index >= 15 is 0 Å². The fourth-order valence-corrected chi connectivity index (χ4v) is 3.62. The second-order valence-electron chi connectivity index (χ2n) is 7.31. The zero-order valence-electron chi connectivity index (χ0n) is 16.4. The number of carbonyl (C=O) groups is 1. The van der Waals surface area contributed by atoms with Crippen LogP contribution in [-0.4, -0.2) is 46.7 Å². The first-order chi connectivity index (χ1) is 13.0. The van der Waals surface area contributed by atoms with Gasteiger partial charge in [-0.3, -0.25) is 9.69 Å². The van der Waals surface area contributed by atoms with Crippen LogP contribution in [0.2, 0.25) is 0 Å². The maximum absolute atomic E-state index is 12.5. The Bertz CT molecular complexity index is 774. The lowest BCUT2D eigenvalue weighted by molar-refractivity contribution is -0.123. The molecule has 1 aromatic heterocycles. The molecular weight excluding hydrogens is 344 g/mol. The topological polar surface area (TPSA) is 80.5 Å². The Hall–Kier alpha value is -2.41. The second-order valence-corrected chi connectivity index (χ2v) is 7.31. The SMILES string of the molecule is COc1cccc(-c2noc([C@@H](C)NC(=O)C[C@@H]3CCCN3C(C)C)n2)c1. The van der Waals surface area contributed by atoms with E-state index in [1.807, 2.05) is 31.2 Å². The maximum atomic E-state index is 12.5. The Balaban J connectivity index is 1.60. The number of amides is 1. The first kappa shape index (κ1) is 19.4. The second kappa shape index (κ2) is 8.52. The Kier molecular flexibility index (Phi) is 6.11. The highest BCUT2D eigenvalue weighted by molar-refractivity contribution is 5.77. The molecule has 1 fully saturated rings. The molecule has 0 bridgehead atoms. The van der Waals surface area contributed by atoms with Crippen LogP contribution < -0.4 is 10.1 Å². The molecule has 3 rings (SSSR count). The van der Waals surface area contributed by atoms with Gasteiger partial charge in [0.2, 0.25) is 17.6 Å². The molecule has 1 N–H and O–H groups in total. The zero-order chi connectivity index (χ0) is 19.4. The molecule has 146 valence electrons. The molecule has 1 amide bonds. The van der Waals surface area contributed by atoms with Crippen LogP contribution in [0, 0.1) is 0 Å². The van der Waals surface area contributed by atoms with Gasteiger partial charge in [-0.25, -0.2) is 0 Å². The smallest absolute Gasteiger partial charge is 0.249 e. The number of nitrogens with one attached hydrogen (secondary N) is 1. The minimum Gasteiger partial charge on any atom is -0.497 e. The summed E-state index contributed by atoms with van der Waals surface area (Å²) in [4.78, 5) is 19.3. The van der Waals surface area contributed by atoms with Crippen LogP contribution >= 0.6 is 0 Å². The molecule has 1 aliphatic heterocycles. The number of ether oxygens (including phenoxy) is 1. The molecule has 7 nitrogen and oxygen atoms in total. The minimum absolute atomic E-state index is 0.0150. The summed E-state index contributed by atoms with van der Waals surface area (Å²) in [7, 11) is 1.61. The molecule has 1 aromatic carbocycles. The number of nitrogens with zero attached hydrogens (tertiary/aromatic N) is 3. The van der Waals surface area contributed by atoms with E-state index in [4.69, 9.17) is 9.26 Å². The Labute approximate surface area is 160 Å². The van der Waals surface area contributed by atoms with Crippen molar-refractivity contribution in [1.29, 1.82) is 0 Å². The van der Waals surface area contributed by atoms with Gasteiger partial charge in [-0.1, -0.05) is 17.3 Å². The van der Waals surface area contributed by atoms with Crippen LogP contribution in [0.25, 0.3) is 11.4 Å². The van der Waals surface area contributed by atoms with Crippen molar-refractivity contribution in [2.45, 2.75) is 58.2 Å². The van der Waals surface area contributed by atoms with Crippen molar-refractivity contribution in [2.24, 2.45) is 0 Å². The van der Waals surface area contributed by atoms with Crippen molar-refractivity contribution in [2.75, 3.05) is 13.7 Å².